The van der Waals surface area contributed by atoms with Crippen LogP contribution in [0.1, 0.15) is 70.9 Å². The molecule has 27 heavy (non-hydrogen) atoms. The van der Waals surface area contributed by atoms with Crippen molar-refractivity contribution in [2.75, 3.05) is 0 Å². The molecule has 1 aliphatic carbocycles. The maximum absolute atomic E-state index is 2.54. The van der Waals surface area contributed by atoms with Gasteiger partial charge >= 0.3 is 0 Å². The van der Waals surface area contributed by atoms with E-state index in [0.717, 1.165) is 11.8 Å². The molecule has 2 heteroatoms. The fraction of sp³-hybridized carbons (Fsp3) is 0.480. The van der Waals surface area contributed by atoms with Crippen molar-refractivity contribution in [3.05, 3.63) is 60.4 Å². The van der Waals surface area contributed by atoms with Gasteiger partial charge in [0.2, 0.25) is 6.33 Å². The van der Waals surface area contributed by atoms with Crippen LogP contribution in [0.4, 0.5) is 0 Å². The number of aromatic nitrogens is 2. The molecule has 0 amide bonds. The molecule has 0 bridgehead atoms. The number of hydrogen-bond donors (Lipinski definition) is 0. The van der Waals surface area contributed by atoms with E-state index in [1.165, 1.54) is 48.0 Å². The van der Waals surface area contributed by atoms with Crippen molar-refractivity contribution in [3.8, 4) is 5.69 Å². The van der Waals surface area contributed by atoms with E-state index in [1.807, 2.05) is 0 Å². The summed E-state index contributed by atoms with van der Waals surface area (Å²) >= 11 is 0. The monoisotopic (exact) mass is 361 g/mol. The summed E-state index contributed by atoms with van der Waals surface area (Å²) in [5, 5.41) is 0. The minimum Gasteiger partial charge on any atom is -0.227 e. The van der Waals surface area contributed by atoms with Crippen molar-refractivity contribution < 1.29 is 4.57 Å². The van der Waals surface area contributed by atoms with E-state index in [0.29, 0.717) is 12.0 Å². The third kappa shape index (κ3) is 3.54. The Kier molecular flexibility index (Phi) is 5.08. The first-order chi connectivity index (χ1) is 13.0. The fourth-order valence-corrected chi connectivity index (χ4v) is 4.70. The Balaban J connectivity index is 1.69. The number of benzene rings is 2. The summed E-state index contributed by atoms with van der Waals surface area (Å²) in [6.45, 7) is 9.26. The Labute approximate surface area is 163 Å². The molecule has 1 aromatic heterocycles. The van der Waals surface area contributed by atoms with Crippen molar-refractivity contribution in [2.24, 2.45) is 11.8 Å². The molecule has 3 aromatic rings. The van der Waals surface area contributed by atoms with Gasteiger partial charge in [0.15, 0.2) is 11.0 Å². The smallest absolute Gasteiger partial charge is 0.227 e. The van der Waals surface area contributed by atoms with Gasteiger partial charge in [-0.25, -0.2) is 4.57 Å². The van der Waals surface area contributed by atoms with E-state index in [4.69, 9.17) is 0 Å². The van der Waals surface area contributed by atoms with Gasteiger partial charge in [-0.2, -0.15) is 4.57 Å². The van der Waals surface area contributed by atoms with Crippen molar-refractivity contribution in [1.82, 2.24) is 4.57 Å². The molecule has 4 rings (SSSR count). The summed E-state index contributed by atoms with van der Waals surface area (Å²) < 4.78 is 4.91. The van der Waals surface area contributed by atoms with E-state index >= 15 is 0 Å². The van der Waals surface area contributed by atoms with Crippen molar-refractivity contribution >= 4 is 11.0 Å². The molecule has 2 aromatic carbocycles. The average Bonchev–Trinajstić information content (AvgIpc) is 3.08. The Morgan fingerprint density at radius 3 is 2.15 bits per heavy atom. The fourth-order valence-electron chi connectivity index (χ4n) is 4.70. The van der Waals surface area contributed by atoms with Gasteiger partial charge in [0.25, 0.3) is 0 Å². The molecule has 0 spiro atoms. The molecule has 1 saturated carbocycles. The molecule has 1 aliphatic rings. The largest absolute Gasteiger partial charge is 0.250 e. The summed E-state index contributed by atoms with van der Waals surface area (Å²) in [6, 6.07) is 18.6. The molecule has 1 fully saturated rings. The summed E-state index contributed by atoms with van der Waals surface area (Å²) in [7, 11) is 0. The van der Waals surface area contributed by atoms with Gasteiger partial charge in [-0.1, -0.05) is 52.0 Å². The standard InChI is InChI=1S/C25H33N2/c1-18(2)20-9-13-22(14-10-20)26-17-27(25-8-6-5-7-24(25)26)23-15-11-21(12-16-23)19(3)4/h5-10,13-14,17-19,21,23H,11-12,15-16H2,1-4H3/q+1. The number of imidazole rings is 1. The van der Waals surface area contributed by atoms with E-state index in [-0.39, 0.29) is 0 Å². The first-order valence-electron chi connectivity index (χ1n) is 10.7. The molecule has 0 atom stereocenters. The van der Waals surface area contributed by atoms with E-state index in [2.05, 4.69) is 91.7 Å². The average molecular weight is 362 g/mol. The molecule has 0 radical (unpaired) electrons. The predicted molar refractivity (Wildman–Crippen MR) is 113 cm³/mol. The van der Waals surface area contributed by atoms with Crippen LogP contribution in [0.25, 0.3) is 16.7 Å². The molecular weight excluding hydrogens is 328 g/mol. The van der Waals surface area contributed by atoms with Gasteiger partial charge in [0, 0.05) is 0 Å². The summed E-state index contributed by atoms with van der Waals surface area (Å²) in [5.41, 5.74) is 5.32. The zero-order valence-electron chi connectivity index (χ0n) is 17.2. The quantitative estimate of drug-likeness (QED) is 0.474. The topological polar surface area (TPSA) is 8.81 Å². The highest BCUT2D eigenvalue weighted by Crippen LogP contribution is 2.34. The summed E-state index contributed by atoms with van der Waals surface area (Å²) in [6.07, 6.45) is 7.66. The lowest BCUT2D eigenvalue weighted by molar-refractivity contribution is -0.702. The summed E-state index contributed by atoms with van der Waals surface area (Å²) in [5.74, 6) is 2.29. The van der Waals surface area contributed by atoms with Crippen LogP contribution in [0.3, 0.4) is 0 Å². The molecule has 1 heterocycles. The maximum atomic E-state index is 2.54. The molecule has 2 nitrogen and oxygen atoms in total. The van der Waals surface area contributed by atoms with Gasteiger partial charge in [-0.05, 0) is 73.3 Å². The predicted octanol–water partition coefficient (Wildman–Crippen LogP) is 6.43. The molecule has 0 N–H and O–H groups in total. The third-order valence-corrected chi connectivity index (χ3v) is 6.57. The molecule has 0 aliphatic heterocycles. The minimum absolute atomic E-state index is 0.571. The van der Waals surface area contributed by atoms with Crippen LogP contribution in [0.5, 0.6) is 0 Å². The van der Waals surface area contributed by atoms with Gasteiger partial charge < -0.3 is 0 Å². The van der Waals surface area contributed by atoms with Crippen LogP contribution in [0, 0.1) is 11.8 Å². The Morgan fingerprint density at radius 2 is 1.52 bits per heavy atom. The Morgan fingerprint density at radius 1 is 0.852 bits per heavy atom. The molecule has 142 valence electrons. The van der Waals surface area contributed by atoms with Crippen LogP contribution in [0.15, 0.2) is 54.9 Å². The lowest BCUT2D eigenvalue weighted by atomic mass is 9.79. The zero-order valence-corrected chi connectivity index (χ0v) is 17.2. The summed E-state index contributed by atoms with van der Waals surface area (Å²) in [4.78, 5) is 0. The molecular formula is C25H33N2+. The first kappa shape index (κ1) is 18.3. The number of nitrogens with zero attached hydrogens (tertiary/aromatic N) is 2. The van der Waals surface area contributed by atoms with Crippen molar-refractivity contribution in [1.29, 1.82) is 0 Å². The number of fused-ring (bicyclic) bond motifs is 1. The van der Waals surface area contributed by atoms with E-state index in [1.54, 1.807) is 0 Å². The normalized spacial score (nSPS) is 20.7. The zero-order chi connectivity index (χ0) is 19.0. The lowest BCUT2D eigenvalue weighted by Gasteiger charge is -2.29. The van der Waals surface area contributed by atoms with Crippen LogP contribution < -0.4 is 4.57 Å². The maximum Gasteiger partial charge on any atom is 0.250 e. The van der Waals surface area contributed by atoms with Crippen molar-refractivity contribution in [2.45, 2.75) is 65.3 Å². The second-order valence-electron chi connectivity index (χ2n) is 8.94. The van der Waals surface area contributed by atoms with Gasteiger partial charge in [0.05, 0.1) is 0 Å². The second-order valence-corrected chi connectivity index (χ2v) is 8.94. The first-order valence-corrected chi connectivity index (χ1v) is 10.7. The SMILES string of the molecule is CC(C)c1ccc(-n2c[n+](C3CCC(C(C)C)CC3)c3ccccc32)cc1. The van der Waals surface area contributed by atoms with Crippen molar-refractivity contribution in [3.63, 3.8) is 0 Å². The van der Waals surface area contributed by atoms with Gasteiger partial charge in [-0.15, -0.1) is 0 Å². The third-order valence-electron chi connectivity index (χ3n) is 6.57. The van der Waals surface area contributed by atoms with Crippen LogP contribution >= 0.6 is 0 Å². The highest BCUT2D eigenvalue weighted by molar-refractivity contribution is 5.74. The minimum atomic E-state index is 0.571. The van der Waals surface area contributed by atoms with E-state index in [9.17, 15) is 0 Å². The van der Waals surface area contributed by atoms with Crippen LogP contribution in [-0.2, 0) is 0 Å². The van der Waals surface area contributed by atoms with Gasteiger partial charge in [-0.3, -0.25) is 0 Å². The number of rotatable bonds is 4. The number of hydrogen-bond acceptors (Lipinski definition) is 0. The highest BCUT2D eigenvalue weighted by Gasteiger charge is 2.29. The molecule has 0 unspecified atom stereocenters. The van der Waals surface area contributed by atoms with E-state index < -0.39 is 0 Å². The Bertz CT molecular complexity index is 894. The second kappa shape index (κ2) is 7.50. The Hall–Kier alpha value is -2.09. The lowest BCUT2D eigenvalue weighted by Crippen LogP contribution is -2.41. The van der Waals surface area contributed by atoms with Crippen LogP contribution in [0.2, 0.25) is 0 Å². The molecule has 0 saturated heterocycles. The highest BCUT2D eigenvalue weighted by atomic mass is 15.2. The number of para-hydroxylation sites is 2. The van der Waals surface area contributed by atoms with Crippen LogP contribution in [-0.4, -0.2) is 4.57 Å². The van der Waals surface area contributed by atoms with Gasteiger partial charge in [0.1, 0.15) is 11.7 Å².